The van der Waals surface area contributed by atoms with Gasteiger partial charge in [0.15, 0.2) is 0 Å². The van der Waals surface area contributed by atoms with Crippen LogP contribution >= 0.6 is 15.9 Å². The lowest BCUT2D eigenvalue weighted by atomic mass is 9.89. The van der Waals surface area contributed by atoms with Gasteiger partial charge in [-0.1, -0.05) is 32.6 Å². The van der Waals surface area contributed by atoms with E-state index in [1.165, 1.54) is 44.2 Å². The Bertz CT molecular complexity index is 342. The number of pyridine rings is 1. The van der Waals surface area contributed by atoms with Crippen LogP contribution in [-0.2, 0) is 0 Å². The number of aromatic nitrogens is 1. The van der Waals surface area contributed by atoms with Crippen molar-refractivity contribution < 1.29 is 0 Å². The minimum atomic E-state index is 0.432. The van der Waals surface area contributed by atoms with Crippen molar-refractivity contribution in [3.8, 4) is 0 Å². The Kier molecular flexibility index (Phi) is 5.64. The van der Waals surface area contributed by atoms with Crippen LogP contribution in [0.5, 0.6) is 0 Å². The average Bonchev–Trinajstić information content (AvgIpc) is 2.66. The Morgan fingerprint density at radius 2 is 2.00 bits per heavy atom. The lowest BCUT2D eigenvalue weighted by Gasteiger charge is -2.26. The summed E-state index contributed by atoms with van der Waals surface area (Å²) in [5.41, 5.74) is 1.20. The van der Waals surface area contributed by atoms with E-state index in [9.17, 15) is 0 Å². The summed E-state index contributed by atoms with van der Waals surface area (Å²) in [5.74, 6) is 0.751. The van der Waals surface area contributed by atoms with E-state index in [0.29, 0.717) is 6.04 Å². The highest BCUT2D eigenvalue weighted by atomic mass is 79.9. The predicted molar refractivity (Wildman–Crippen MR) is 79.5 cm³/mol. The van der Waals surface area contributed by atoms with Crippen molar-refractivity contribution in [3.63, 3.8) is 0 Å². The highest BCUT2D eigenvalue weighted by Crippen LogP contribution is 2.33. The Balaban J connectivity index is 2.12. The number of rotatable bonds is 4. The molecule has 1 N–H and O–H groups in total. The zero-order chi connectivity index (χ0) is 12.8. The maximum Gasteiger partial charge on any atom is 0.0576 e. The van der Waals surface area contributed by atoms with E-state index in [1.54, 1.807) is 0 Å². The minimum Gasteiger partial charge on any atom is -0.309 e. The van der Waals surface area contributed by atoms with Gasteiger partial charge in [0, 0.05) is 10.7 Å². The first-order valence-electron chi connectivity index (χ1n) is 7.16. The molecule has 1 saturated carbocycles. The van der Waals surface area contributed by atoms with E-state index in [-0.39, 0.29) is 0 Å². The largest absolute Gasteiger partial charge is 0.309 e. The maximum absolute atomic E-state index is 4.59. The molecule has 1 unspecified atom stereocenters. The summed E-state index contributed by atoms with van der Waals surface area (Å²) < 4.78 is 1.06. The second-order valence-electron chi connectivity index (χ2n) is 5.19. The average molecular weight is 311 g/mol. The Morgan fingerprint density at radius 1 is 1.28 bits per heavy atom. The van der Waals surface area contributed by atoms with Crippen molar-refractivity contribution in [1.82, 2.24) is 10.3 Å². The molecule has 2 nitrogen and oxygen atoms in total. The molecular formula is C15H23BrN2. The van der Waals surface area contributed by atoms with Gasteiger partial charge in [0.25, 0.3) is 0 Å². The minimum absolute atomic E-state index is 0.432. The number of nitrogens with zero attached hydrogens (tertiary/aromatic N) is 1. The number of hydrogen-bond acceptors (Lipinski definition) is 2. The van der Waals surface area contributed by atoms with Crippen LogP contribution < -0.4 is 5.32 Å². The molecule has 100 valence electrons. The first kappa shape index (κ1) is 14.0. The van der Waals surface area contributed by atoms with Gasteiger partial charge < -0.3 is 5.32 Å². The molecule has 0 amide bonds. The normalized spacial score (nSPS) is 19.4. The fourth-order valence-corrected chi connectivity index (χ4v) is 3.18. The molecule has 18 heavy (non-hydrogen) atoms. The molecule has 1 aliphatic rings. The van der Waals surface area contributed by atoms with Crippen LogP contribution in [0.2, 0.25) is 0 Å². The van der Waals surface area contributed by atoms with E-state index in [4.69, 9.17) is 0 Å². The van der Waals surface area contributed by atoms with E-state index in [1.807, 2.05) is 6.20 Å². The molecular weight excluding hydrogens is 288 g/mol. The van der Waals surface area contributed by atoms with Crippen molar-refractivity contribution in [2.24, 2.45) is 5.92 Å². The van der Waals surface area contributed by atoms with Crippen LogP contribution in [-0.4, -0.2) is 11.5 Å². The van der Waals surface area contributed by atoms with Crippen molar-refractivity contribution in [3.05, 3.63) is 28.5 Å². The second-order valence-corrected chi connectivity index (χ2v) is 6.10. The fourth-order valence-electron chi connectivity index (χ4n) is 2.95. The van der Waals surface area contributed by atoms with Crippen molar-refractivity contribution >= 4 is 15.9 Å². The third kappa shape index (κ3) is 3.79. The van der Waals surface area contributed by atoms with Gasteiger partial charge in [0.2, 0.25) is 0 Å². The lowest BCUT2D eigenvalue weighted by Crippen LogP contribution is -2.28. The van der Waals surface area contributed by atoms with Gasteiger partial charge in [-0.15, -0.1) is 0 Å². The molecule has 1 fully saturated rings. The first-order chi connectivity index (χ1) is 8.81. The number of hydrogen-bond donors (Lipinski definition) is 1. The maximum atomic E-state index is 4.59. The standard InChI is InChI=1S/C15H23BrN2/c1-2-17-15(12-7-5-3-4-6-8-12)14-10-9-13(16)11-18-14/h9-12,15,17H,2-8H2,1H3. The molecule has 1 atom stereocenters. The molecule has 2 rings (SSSR count). The van der Waals surface area contributed by atoms with Crippen LogP contribution in [0.25, 0.3) is 0 Å². The van der Waals surface area contributed by atoms with E-state index in [2.05, 4.69) is 45.3 Å². The molecule has 1 aliphatic carbocycles. The highest BCUT2D eigenvalue weighted by Gasteiger charge is 2.24. The van der Waals surface area contributed by atoms with Crippen molar-refractivity contribution in [1.29, 1.82) is 0 Å². The molecule has 3 heteroatoms. The monoisotopic (exact) mass is 310 g/mol. The zero-order valence-corrected chi connectivity index (χ0v) is 12.7. The summed E-state index contributed by atoms with van der Waals surface area (Å²) in [7, 11) is 0. The van der Waals surface area contributed by atoms with Gasteiger partial charge in [0.05, 0.1) is 11.7 Å². The molecule has 1 aromatic heterocycles. The summed E-state index contributed by atoms with van der Waals surface area (Å²) in [5, 5.41) is 3.64. The highest BCUT2D eigenvalue weighted by molar-refractivity contribution is 9.10. The smallest absolute Gasteiger partial charge is 0.0576 e. The van der Waals surface area contributed by atoms with Gasteiger partial charge in [-0.2, -0.15) is 0 Å². The van der Waals surface area contributed by atoms with Gasteiger partial charge in [-0.3, -0.25) is 4.98 Å². The lowest BCUT2D eigenvalue weighted by molar-refractivity contribution is 0.324. The summed E-state index contributed by atoms with van der Waals surface area (Å²) >= 11 is 3.46. The van der Waals surface area contributed by atoms with Crippen LogP contribution in [0.4, 0.5) is 0 Å². The third-order valence-corrected chi connectivity index (χ3v) is 4.33. The summed E-state index contributed by atoms with van der Waals surface area (Å²) in [6, 6.07) is 4.69. The SMILES string of the molecule is CCNC(c1ccc(Br)cn1)C1CCCCCC1. The van der Waals surface area contributed by atoms with Crippen molar-refractivity contribution in [2.75, 3.05) is 6.54 Å². The zero-order valence-electron chi connectivity index (χ0n) is 11.2. The van der Waals surface area contributed by atoms with Crippen molar-refractivity contribution in [2.45, 2.75) is 51.5 Å². The molecule has 0 spiro atoms. The predicted octanol–water partition coefficient (Wildman–Crippen LogP) is 4.47. The van der Waals surface area contributed by atoms with Gasteiger partial charge in [-0.25, -0.2) is 0 Å². The van der Waals surface area contributed by atoms with Gasteiger partial charge >= 0.3 is 0 Å². The Labute approximate surface area is 119 Å². The topological polar surface area (TPSA) is 24.9 Å². The number of nitrogens with one attached hydrogen (secondary N) is 1. The molecule has 1 aromatic rings. The Hall–Kier alpha value is -0.410. The van der Waals surface area contributed by atoms with Crippen LogP contribution in [0, 0.1) is 5.92 Å². The first-order valence-corrected chi connectivity index (χ1v) is 7.95. The van der Waals surface area contributed by atoms with Crippen LogP contribution in [0.1, 0.15) is 57.2 Å². The molecule has 0 bridgehead atoms. The van der Waals surface area contributed by atoms with E-state index >= 15 is 0 Å². The van der Waals surface area contributed by atoms with Crippen LogP contribution in [0.15, 0.2) is 22.8 Å². The Morgan fingerprint density at radius 3 is 2.56 bits per heavy atom. The summed E-state index contributed by atoms with van der Waals surface area (Å²) in [6.45, 7) is 3.20. The van der Waals surface area contributed by atoms with E-state index in [0.717, 1.165) is 16.9 Å². The molecule has 0 aliphatic heterocycles. The van der Waals surface area contributed by atoms with Crippen LogP contribution in [0.3, 0.4) is 0 Å². The summed E-state index contributed by atoms with van der Waals surface area (Å²) in [4.78, 5) is 4.59. The molecule has 0 radical (unpaired) electrons. The molecule has 0 saturated heterocycles. The van der Waals surface area contributed by atoms with Gasteiger partial charge in [-0.05, 0) is 53.4 Å². The molecule has 1 heterocycles. The van der Waals surface area contributed by atoms with Gasteiger partial charge in [0.1, 0.15) is 0 Å². The second kappa shape index (κ2) is 7.25. The molecule has 0 aromatic carbocycles. The quantitative estimate of drug-likeness (QED) is 0.830. The number of halogens is 1. The fraction of sp³-hybridized carbons (Fsp3) is 0.667. The third-order valence-electron chi connectivity index (χ3n) is 3.86. The summed E-state index contributed by atoms with van der Waals surface area (Å²) in [6.07, 6.45) is 10.2. The van der Waals surface area contributed by atoms with E-state index < -0.39 is 0 Å².